The summed E-state index contributed by atoms with van der Waals surface area (Å²) in [5.41, 5.74) is 5.51. The number of hydrogen-bond donors (Lipinski definition) is 2. The molecule has 1 saturated heterocycles. The highest BCUT2D eigenvalue weighted by molar-refractivity contribution is 5.81. The largest absolute Gasteiger partial charge is 0.368 e. The molecule has 2 unspecified atom stereocenters. The fraction of sp³-hybridized carbons (Fsp3) is 0.938. The highest BCUT2D eigenvalue weighted by atomic mass is 16.5. The molecule has 1 saturated carbocycles. The molecule has 3 N–H and O–H groups in total. The van der Waals surface area contributed by atoms with Crippen LogP contribution in [0.25, 0.3) is 0 Å². The number of nitrogens with one attached hydrogen (secondary N) is 1. The first-order valence-corrected chi connectivity index (χ1v) is 8.33. The first kappa shape index (κ1) is 16.7. The fourth-order valence-electron chi connectivity index (χ4n) is 3.49. The number of nitrogens with zero attached hydrogens (tertiary/aromatic N) is 1. The molecule has 0 aromatic rings. The smallest absolute Gasteiger partial charge is 0.237 e. The van der Waals surface area contributed by atoms with Gasteiger partial charge in [-0.3, -0.25) is 9.69 Å². The lowest BCUT2D eigenvalue weighted by molar-refractivity contribution is -0.150. The summed E-state index contributed by atoms with van der Waals surface area (Å²) in [5, 5.41) is 3.22. The van der Waals surface area contributed by atoms with Crippen LogP contribution in [-0.4, -0.2) is 54.2 Å². The zero-order valence-corrected chi connectivity index (χ0v) is 13.7. The number of carbonyl (C=O) groups excluding carboxylic acids is 1. The monoisotopic (exact) mass is 297 g/mol. The van der Waals surface area contributed by atoms with Crippen molar-refractivity contribution in [3.05, 3.63) is 0 Å². The van der Waals surface area contributed by atoms with Gasteiger partial charge in [-0.15, -0.1) is 0 Å². The van der Waals surface area contributed by atoms with Crippen molar-refractivity contribution in [2.24, 2.45) is 5.73 Å². The second-order valence-electron chi connectivity index (χ2n) is 7.18. The van der Waals surface area contributed by atoms with Crippen molar-refractivity contribution in [1.82, 2.24) is 10.2 Å². The average Bonchev–Trinajstić information content (AvgIpc) is 2.45. The Morgan fingerprint density at radius 1 is 1.38 bits per heavy atom. The maximum absolute atomic E-state index is 12.5. The van der Waals surface area contributed by atoms with E-state index in [1.807, 2.05) is 6.92 Å². The summed E-state index contributed by atoms with van der Waals surface area (Å²) in [5.74, 6) is 0.148. The summed E-state index contributed by atoms with van der Waals surface area (Å²) >= 11 is 0. The molecule has 2 aliphatic rings. The van der Waals surface area contributed by atoms with E-state index in [2.05, 4.69) is 24.1 Å². The van der Waals surface area contributed by atoms with E-state index in [1.54, 1.807) is 0 Å². The molecule has 2 atom stereocenters. The van der Waals surface area contributed by atoms with Crippen LogP contribution in [0.4, 0.5) is 0 Å². The van der Waals surface area contributed by atoms with Gasteiger partial charge in [0.05, 0.1) is 17.7 Å². The number of amides is 1. The third-order valence-electron chi connectivity index (χ3n) is 4.65. The Hall–Kier alpha value is -0.650. The molecule has 2 fully saturated rings. The van der Waals surface area contributed by atoms with Crippen LogP contribution in [0.15, 0.2) is 0 Å². The fourth-order valence-corrected chi connectivity index (χ4v) is 3.49. The van der Waals surface area contributed by atoms with Crippen molar-refractivity contribution in [2.75, 3.05) is 19.6 Å². The van der Waals surface area contributed by atoms with E-state index < -0.39 is 0 Å². The summed E-state index contributed by atoms with van der Waals surface area (Å²) in [6, 6.07) is 0.247. The SMILES string of the molecule is CC(C(=O)NC1CCCCC1)N1CC(CN)OC(C)(C)C1. The van der Waals surface area contributed by atoms with Gasteiger partial charge in [-0.25, -0.2) is 0 Å². The second kappa shape index (κ2) is 7.07. The Kier molecular flexibility index (Phi) is 5.63. The van der Waals surface area contributed by atoms with E-state index in [0.717, 1.165) is 25.9 Å². The van der Waals surface area contributed by atoms with Gasteiger partial charge in [-0.2, -0.15) is 0 Å². The lowest BCUT2D eigenvalue weighted by Crippen LogP contribution is -2.60. The minimum atomic E-state index is -0.248. The van der Waals surface area contributed by atoms with Crippen molar-refractivity contribution in [1.29, 1.82) is 0 Å². The van der Waals surface area contributed by atoms with Crippen LogP contribution in [0.2, 0.25) is 0 Å². The van der Waals surface area contributed by atoms with Crippen LogP contribution in [0, 0.1) is 0 Å². The molecule has 2 rings (SSSR count). The number of morpholine rings is 1. The lowest BCUT2D eigenvalue weighted by Gasteiger charge is -2.44. The molecule has 0 spiro atoms. The van der Waals surface area contributed by atoms with Gasteiger partial charge in [-0.1, -0.05) is 19.3 Å². The third-order valence-corrected chi connectivity index (χ3v) is 4.65. The molecular weight excluding hydrogens is 266 g/mol. The number of ether oxygens (including phenoxy) is 1. The zero-order chi connectivity index (χ0) is 15.5. The molecule has 0 radical (unpaired) electrons. The van der Waals surface area contributed by atoms with Gasteiger partial charge >= 0.3 is 0 Å². The predicted molar refractivity (Wildman–Crippen MR) is 84.1 cm³/mol. The first-order chi connectivity index (χ1) is 9.91. The van der Waals surface area contributed by atoms with Gasteiger partial charge in [0.1, 0.15) is 0 Å². The molecular formula is C16H31N3O2. The summed E-state index contributed by atoms with van der Waals surface area (Å²) in [6.07, 6.45) is 6.03. The summed E-state index contributed by atoms with van der Waals surface area (Å²) in [4.78, 5) is 14.7. The van der Waals surface area contributed by atoms with Gasteiger partial charge in [0.2, 0.25) is 5.91 Å². The van der Waals surface area contributed by atoms with Crippen LogP contribution in [0.5, 0.6) is 0 Å². The van der Waals surface area contributed by atoms with E-state index in [1.165, 1.54) is 19.3 Å². The molecule has 1 amide bonds. The summed E-state index contributed by atoms with van der Waals surface area (Å²) in [7, 11) is 0. The van der Waals surface area contributed by atoms with E-state index in [9.17, 15) is 4.79 Å². The van der Waals surface area contributed by atoms with Gasteiger partial charge in [0.15, 0.2) is 0 Å². The Morgan fingerprint density at radius 3 is 2.67 bits per heavy atom. The molecule has 1 aliphatic heterocycles. The standard InChI is InChI=1S/C16H31N3O2/c1-12(15(20)18-13-7-5-4-6-8-13)19-10-14(9-17)21-16(2,3)11-19/h12-14H,4-11,17H2,1-3H3,(H,18,20). The van der Waals surface area contributed by atoms with Crippen molar-refractivity contribution in [3.8, 4) is 0 Å². The highest BCUT2D eigenvalue weighted by Gasteiger charge is 2.36. The average molecular weight is 297 g/mol. The molecule has 1 aliphatic carbocycles. The topological polar surface area (TPSA) is 67.6 Å². The van der Waals surface area contributed by atoms with E-state index in [4.69, 9.17) is 10.5 Å². The van der Waals surface area contributed by atoms with Crippen molar-refractivity contribution < 1.29 is 9.53 Å². The molecule has 5 heteroatoms. The molecule has 21 heavy (non-hydrogen) atoms. The number of carbonyl (C=O) groups is 1. The molecule has 0 aromatic carbocycles. The quantitative estimate of drug-likeness (QED) is 0.820. The van der Waals surface area contributed by atoms with Crippen molar-refractivity contribution in [2.45, 2.75) is 76.7 Å². The van der Waals surface area contributed by atoms with Gasteiger partial charge in [0, 0.05) is 25.7 Å². The normalized spacial score (nSPS) is 29.0. The van der Waals surface area contributed by atoms with E-state index in [0.29, 0.717) is 12.6 Å². The van der Waals surface area contributed by atoms with Crippen LogP contribution in [0.1, 0.15) is 52.9 Å². The molecule has 0 aromatic heterocycles. The molecule has 1 heterocycles. The second-order valence-corrected chi connectivity index (χ2v) is 7.18. The molecule has 0 bridgehead atoms. The number of hydrogen-bond acceptors (Lipinski definition) is 4. The maximum Gasteiger partial charge on any atom is 0.237 e. The van der Waals surface area contributed by atoms with E-state index in [-0.39, 0.29) is 23.7 Å². The Bertz CT molecular complexity index is 353. The minimum absolute atomic E-state index is 0.0127. The van der Waals surface area contributed by atoms with Crippen molar-refractivity contribution in [3.63, 3.8) is 0 Å². The maximum atomic E-state index is 12.5. The molecule has 5 nitrogen and oxygen atoms in total. The summed E-state index contributed by atoms with van der Waals surface area (Å²) < 4.78 is 5.93. The van der Waals surface area contributed by atoms with E-state index >= 15 is 0 Å². The van der Waals surface area contributed by atoms with Crippen LogP contribution < -0.4 is 11.1 Å². The van der Waals surface area contributed by atoms with Gasteiger partial charge in [0.25, 0.3) is 0 Å². The lowest BCUT2D eigenvalue weighted by atomic mass is 9.95. The van der Waals surface area contributed by atoms with Crippen LogP contribution >= 0.6 is 0 Å². The highest BCUT2D eigenvalue weighted by Crippen LogP contribution is 2.23. The Labute approximate surface area is 128 Å². The minimum Gasteiger partial charge on any atom is -0.368 e. The number of rotatable bonds is 4. The van der Waals surface area contributed by atoms with Gasteiger partial charge < -0.3 is 15.8 Å². The van der Waals surface area contributed by atoms with Crippen molar-refractivity contribution >= 4 is 5.91 Å². The number of nitrogens with two attached hydrogens (primary N) is 1. The first-order valence-electron chi connectivity index (χ1n) is 8.33. The van der Waals surface area contributed by atoms with Gasteiger partial charge in [-0.05, 0) is 33.6 Å². The van der Waals surface area contributed by atoms with Crippen LogP contribution in [0.3, 0.4) is 0 Å². The predicted octanol–water partition coefficient (Wildman–Crippen LogP) is 1.26. The Balaban J connectivity index is 1.91. The Morgan fingerprint density at radius 2 is 2.05 bits per heavy atom. The molecule has 122 valence electrons. The van der Waals surface area contributed by atoms with Crippen LogP contribution in [-0.2, 0) is 9.53 Å². The third kappa shape index (κ3) is 4.66. The summed E-state index contributed by atoms with van der Waals surface area (Å²) in [6.45, 7) is 8.12. The zero-order valence-electron chi connectivity index (χ0n) is 13.7.